The van der Waals surface area contributed by atoms with E-state index in [1.54, 1.807) is 0 Å². The number of rotatable bonds is 5. The van der Waals surface area contributed by atoms with Crippen LogP contribution in [0.25, 0.3) is 11.3 Å². The van der Waals surface area contributed by atoms with E-state index in [0.29, 0.717) is 3.92 Å². The van der Waals surface area contributed by atoms with Crippen molar-refractivity contribution in [2.24, 2.45) is 0 Å². The zero-order chi connectivity index (χ0) is 20.7. The fourth-order valence-electron chi connectivity index (χ4n) is 4.07. The Kier molecular flexibility index (Phi) is 5.66. The number of hydrogen-bond donors (Lipinski definition) is 2. The Hall–Kier alpha value is -1.74. The van der Waals surface area contributed by atoms with Crippen molar-refractivity contribution in [2.45, 2.75) is 42.9 Å². The average molecular weight is 516 g/mol. The van der Waals surface area contributed by atoms with E-state index in [0.717, 1.165) is 48.6 Å². The van der Waals surface area contributed by atoms with Crippen molar-refractivity contribution in [1.29, 1.82) is 0 Å². The summed E-state index contributed by atoms with van der Waals surface area (Å²) in [6.07, 6.45) is 3.53. The summed E-state index contributed by atoms with van der Waals surface area (Å²) in [6, 6.07) is 15.1. The summed E-state index contributed by atoms with van der Waals surface area (Å²) >= 11 is -0.224. The fourth-order valence-corrected chi connectivity index (χ4v) is 6.84. The van der Waals surface area contributed by atoms with Gasteiger partial charge in [-0.25, -0.2) is 0 Å². The third-order valence-corrected chi connectivity index (χ3v) is 9.38. The van der Waals surface area contributed by atoms with Crippen molar-refractivity contribution in [3.05, 3.63) is 76.7 Å². The Labute approximate surface area is 188 Å². The predicted octanol–water partition coefficient (Wildman–Crippen LogP) is 1.60. The van der Waals surface area contributed by atoms with E-state index in [4.69, 9.17) is 4.74 Å². The molecule has 2 fully saturated rings. The van der Waals surface area contributed by atoms with Crippen LogP contribution in [-0.4, -0.2) is 31.3 Å². The Morgan fingerprint density at radius 1 is 1.20 bits per heavy atom. The molecule has 3 heterocycles. The molecule has 0 aliphatic carbocycles. The predicted molar refractivity (Wildman–Crippen MR) is 112 cm³/mol. The van der Waals surface area contributed by atoms with E-state index in [9.17, 15) is 5.11 Å². The monoisotopic (exact) mass is 516 g/mol. The quantitative estimate of drug-likeness (QED) is 0.308. The molecular formula is C24H27IN3O2-. The van der Waals surface area contributed by atoms with Crippen LogP contribution in [-0.2, 0) is 4.74 Å². The molecule has 2 aliphatic heterocycles. The molecule has 0 radical (unpaired) electrons. The van der Waals surface area contributed by atoms with Crippen molar-refractivity contribution in [2.75, 3.05) is 13.2 Å². The van der Waals surface area contributed by atoms with Gasteiger partial charge in [0.15, 0.2) is 0 Å². The Bertz CT molecular complexity index is 1020. The van der Waals surface area contributed by atoms with Gasteiger partial charge >= 0.3 is 188 Å². The number of nitrogens with one attached hydrogen (secondary N) is 1. The molecule has 3 aromatic rings. The van der Waals surface area contributed by atoms with Gasteiger partial charge in [-0.15, -0.1) is 0 Å². The van der Waals surface area contributed by atoms with Gasteiger partial charge in [-0.3, -0.25) is 0 Å². The number of ether oxygens (including phenoxy) is 1. The van der Waals surface area contributed by atoms with Gasteiger partial charge in [0.05, 0.1) is 0 Å². The van der Waals surface area contributed by atoms with Gasteiger partial charge in [0, 0.05) is 0 Å². The first-order valence-electron chi connectivity index (χ1n) is 10.5. The number of H-pyrrole nitrogens is 1. The number of aliphatic hydroxyl groups is 1. The van der Waals surface area contributed by atoms with Crippen LogP contribution in [0.15, 0.2) is 48.7 Å². The molecule has 30 heavy (non-hydrogen) atoms. The second-order valence-electron chi connectivity index (χ2n) is 8.19. The SMILES string of the molecule is Cc1ccc([C@@H]2CN(C(O)c3ccc(C)c(-c4cnc(C5CCCO5)[nH]4)c3)[I-]2)cc1. The van der Waals surface area contributed by atoms with Crippen LogP contribution in [0.5, 0.6) is 0 Å². The number of benzene rings is 2. The molecule has 0 saturated carbocycles. The van der Waals surface area contributed by atoms with E-state index in [1.807, 2.05) is 12.3 Å². The summed E-state index contributed by atoms with van der Waals surface area (Å²) in [6.45, 7) is 5.95. The molecule has 5 rings (SSSR count). The van der Waals surface area contributed by atoms with Gasteiger partial charge in [0.1, 0.15) is 0 Å². The minimum absolute atomic E-state index is 0.0809. The molecule has 2 aliphatic rings. The van der Waals surface area contributed by atoms with Gasteiger partial charge < -0.3 is 0 Å². The Morgan fingerprint density at radius 2 is 2.00 bits per heavy atom. The maximum absolute atomic E-state index is 11.0. The topological polar surface area (TPSA) is 61.4 Å². The molecule has 3 atom stereocenters. The van der Waals surface area contributed by atoms with Crippen LogP contribution in [0.1, 0.15) is 57.2 Å². The minimum atomic E-state index is -0.542. The van der Waals surface area contributed by atoms with E-state index < -0.39 is 6.23 Å². The van der Waals surface area contributed by atoms with E-state index in [2.05, 4.69) is 63.3 Å². The number of alkyl halides is 1. The number of aryl methyl sites for hydroxylation is 2. The van der Waals surface area contributed by atoms with Gasteiger partial charge in [-0.2, -0.15) is 0 Å². The van der Waals surface area contributed by atoms with Crippen molar-refractivity contribution in [3.8, 4) is 11.3 Å². The molecule has 2 aromatic carbocycles. The first-order valence-corrected chi connectivity index (χ1v) is 12.7. The van der Waals surface area contributed by atoms with Gasteiger partial charge in [-0.1, -0.05) is 0 Å². The molecule has 0 bridgehead atoms. The number of nitrogens with zero attached hydrogens (tertiary/aromatic N) is 2. The van der Waals surface area contributed by atoms with Crippen molar-refractivity contribution >= 4 is 0 Å². The second kappa shape index (κ2) is 8.42. The molecule has 6 heteroatoms. The number of aliphatic hydroxyl groups excluding tert-OH is 1. The maximum atomic E-state index is 11.0. The number of halogens is 1. The van der Waals surface area contributed by atoms with E-state index in [1.165, 1.54) is 16.7 Å². The molecule has 2 N–H and O–H groups in total. The van der Waals surface area contributed by atoms with Crippen molar-refractivity contribution in [3.63, 3.8) is 0 Å². The Balaban J connectivity index is 1.30. The van der Waals surface area contributed by atoms with Crippen molar-refractivity contribution in [1.82, 2.24) is 13.1 Å². The summed E-state index contributed by atoms with van der Waals surface area (Å²) < 4.78 is 8.59. The summed E-state index contributed by atoms with van der Waals surface area (Å²) in [5.74, 6) is 0.905. The normalized spacial score (nSPS) is 23.0. The summed E-state index contributed by atoms with van der Waals surface area (Å²) in [4.78, 5) is 8.00. The van der Waals surface area contributed by atoms with Gasteiger partial charge in [-0.05, 0) is 0 Å². The molecule has 0 spiro atoms. The number of imidazole rings is 1. The summed E-state index contributed by atoms with van der Waals surface area (Å²) in [5.41, 5.74) is 6.90. The molecule has 0 amide bonds. The molecule has 2 unspecified atom stereocenters. The summed E-state index contributed by atoms with van der Waals surface area (Å²) in [7, 11) is 0. The molecule has 2 saturated heterocycles. The van der Waals surface area contributed by atoms with Crippen molar-refractivity contribution < 1.29 is 31.3 Å². The summed E-state index contributed by atoms with van der Waals surface area (Å²) in [5, 5.41) is 11.0. The second-order valence-corrected chi connectivity index (χ2v) is 11.5. The molecule has 1 aromatic heterocycles. The van der Waals surface area contributed by atoms with E-state index >= 15 is 0 Å². The first-order chi connectivity index (χ1) is 14.6. The van der Waals surface area contributed by atoms with Crippen LogP contribution in [0.3, 0.4) is 0 Å². The van der Waals surface area contributed by atoms with Crippen LogP contribution in [0.4, 0.5) is 0 Å². The first kappa shape index (κ1) is 20.2. The molecular weight excluding hydrogens is 489 g/mol. The third-order valence-electron chi connectivity index (χ3n) is 5.96. The van der Waals surface area contributed by atoms with Crippen LogP contribution in [0.2, 0.25) is 0 Å². The fraction of sp³-hybridized carbons (Fsp3) is 0.375. The number of hydrogen-bond acceptors (Lipinski definition) is 4. The van der Waals surface area contributed by atoms with Gasteiger partial charge in [0.25, 0.3) is 0 Å². The van der Waals surface area contributed by atoms with Crippen LogP contribution < -0.4 is 21.5 Å². The molecule has 158 valence electrons. The zero-order valence-electron chi connectivity index (χ0n) is 17.3. The van der Waals surface area contributed by atoms with Crippen LogP contribution >= 0.6 is 0 Å². The zero-order valence-corrected chi connectivity index (χ0v) is 19.5. The number of aromatic nitrogens is 2. The average Bonchev–Trinajstić information content (AvgIpc) is 3.40. The van der Waals surface area contributed by atoms with Crippen LogP contribution in [0, 0.1) is 13.8 Å². The molecule has 5 nitrogen and oxygen atoms in total. The Morgan fingerprint density at radius 3 is 2.73 bits per heavy atom. The standard InChI is InChI=1S/C24H27IN3O2/c1-15-5-8-17(9-6-15)20-14-28(25-20)24(29)18-10-7-16(2)19(12-18)21-13-26-23(27-21)22-4-3-11-30-22/h5-10,12-13,20,22,24,29H,3-4,11,14H2,1-2H3,(H,26,27)/q-1/t20-,22?,24?/m0/s1. The third kappa shape index (κ3) is 3.93. The number of aromatic amines is 1. The van der Waals surface area contributed by atoms with E-state index in [-0.39, 0.29) is 27.6 Å². The van der Waals surface area contributed by atoms with Gasteiger partial charge in [0.2, 0.25) is 0 Å².